The average Bonchev–Trinajstić information content (AvgIpc) is 2.10. The fourth-order valence-electron chi connectivity index (χ4n) is 1.27. The van der Waals surface area contributed by atoms with Gasteiger partial charge in [-0.05, 0) is 12.8 Å². The molecule has 0 amide bonds. The number of halogens is 1. The highest BCUT2D eigenvalue weighted by molar-refractivity contribution is 5.85. The molecule has 0 radical (unpaired) electrons. The minimum atomic E-state index is -0.343. The molecule has 0 unspecified atom stereocenters. The second kappa shape index (κ2) is 4.13. The van der Waals surface area contributed by atoms with E-state index in [9.17, 15) is 0 Å². The summed E-state index contributed by atoms with van der Waals surface area (Å²) in [6.45, 7) is 0. The predicted molar refractivity (Wildman–Crippen MR) is 41.3 cm³/mol. The Balaban J connectivity index is 0.000000810. The second-order valence-electron chi connectivity index (χ2n) is 2.57. The van der Waals surface area contributed by atoms with Crippen LogP contribution >= 0.6 is 12.4 Å². The van der Waals surface area contributed by atoms with Crippen LogP contribution in [0.15, 0.2) is 0 Å². The number of aliphatic hydroxyl groups is 1. The van der Waals surface area contributed by atoms with E-state index in [0.29, 0.717) is 6.42 Å². The lowest BCUT2D eigenvalue weighted by molar-refractivity contribution is 0.00981. The molecule has 1 fully saturated rings. The summed E-state index contributed by atoms with van der Waals surface area (Å²) in [5.41, 5.74) is 5.55. The molecule has 1 rings (SSSR count). The molecule has 3 nitrogen and oxygen atoms in total. The van der Waals surface area contributed by atoms with Gasteiger partial charge in [-0.2, -0.15) is 0 Å². The highest BCUT2D eigenvalue weighted by Gasteiger charge is 2.30. The van der Waals surface area contributed by atoms with Crippen molar-refractivity contribution in [3.63, 3.8) is 0 Å². The van der Waals surface area contributed by atoms with Crippen molar-refractivity contribution in [2.45, 2.75) is 31.1 Å². The van der Waals surface area contributed by atoms with Crippen LogP contribution < -0.4 is 5.73 Å². The molecule has 1 aliphatic carbocycles. The van der Waals surface area contributed by atoms with Crippen LogP contribution in [-0.4, -0.2) is 30.5 Å². The van der Waals surface area contributed by atoms with Gasteiger partial charge in [-0.15, -0.1) is 12.4 Å². The summed E-state index contributed by atoms with van der Waals surface area (Å²) in [6, 6.07) is 0.130. The first kappa shape index (κ1) is 10.2. The summed E-state index contributed by atoms with van der Waals surface area (Å²) < 4.78 is 4.96. The standard InChI is InChI=1S/C6H13NO2.ClH/c1-9-6-3-4(7)2-5(6)8;/h4-6,8H,2-3,7H2,1H3;1H/t4-,5+,6-;/m1./s1. The Morgan fingerprint density at radius 2 is 2.10 bits per heavy atom. The molecular weight excluding hydrogens is 154 g/mol. The molecule has 0 heterocycles. The van der Waals surface area contributed by atoms with Crippen LogP contribution in [0.1, 0.15) is 12.8 Å². The fourth-order valence-corrected chi connectivity index (χ4v) is 1.27. The molecule has 62 valence electrons. The van der Waals surface area contributed by atoms with E-state index in [1.807, 2.05) is 0 Å². The predicted octanol–water partition coefficient (Wildman–Crippen LogP) is -0.0948. The summed E-state index contributed by atoms with van der Waals surface area (Å²) in [6.07, 6.45) is 1.10. The van der Waals surface area contributed by atoms with Crippen LogP contribution in [0.5, 0.6) is 0 Å². The van der Waals surface area contributed by atoms with Crippen molar-refractivity contribution in [1.29, 1.82) is 0 Å². The normalized spacial score (nSPS) is 39.3. The lowest BCUT2D eigenvalue weighted by Gasteiger charge is -2.10. The van der Waals surface area contributed by atoms with Crippen LogP contribution in [0.25, 0.3) is 0 Å². The van der Waals surface area contributed by atoms with E-state index in [2.05, 4.69) is 0 Å². The van der Waals surface area contributed by atoms with E-state index >= 15 is 0 Å². The van der Waals surface area contributed by atoms with Crippen LogP contribution in [0.2, 0.25) is 0 Å². The molecule has 0 aliphatic heterocycles. The molecule has 0 bridgehead atoms. The van der Waals surface area contributed by atoms with Crippen molar-refractivity contribution in [2.24, 2.45) is 5.73 Å². The zero-order chi connectivity index (χ0) is 6.85. The van der Waals surface area contributed by atoms with Gasteiger partial charge in [0.1, 0.15) is 0 Å². The van der Waals surface area contributed by atoms with Crippen LogP contribution in [0.3, 0.4) is 0 Å². The Bertz CT molecular complexity index is 102. The van der Waals surface area contributed by atoms with Gasteiger partial charge in [0, 0.05) is 13.2 Å². The third-order valence-electron chi connectivity index (χ3n) is 1.81. The highest BCUT2D eigenvalue weighted by Crippen LogP contribution is 2.19. The number of ether oxygens (including phenoxy) is 1. The molecule has 0 aromatic rings. The average molecular weight is 168 g/mol. The van der Waals surface area contributed by atoms with E-state index in [1.165, 1.54) is 0 Å². The number of hydrogen-bond donors (Lipinski definition) is 2. The van der Waals surface area contributed by atoms with E-state index in [4.69, 9.17) is 15.6 Å². The molecule has 4 heteroatoms. The maximum atomic E-state index is 9.15. The van der Waals surface area contributed by atoms with Gasteiger partial charge in [-0.25, -0.2) is 0 Å². The second-order valence-corrected chi connectivity index (χ2v) is 2.57. The maximum absolute atomic E-state index is 9.15. The van der Waals surface area contributed by atoms with Gasteiger partial charge in [0.2, 0.25) is 0 Å². The summed E-state index contributed by atoms with van der Waals surface area (Å²) in [4.78, 5) is 0. The van der Waals surface area contributed by atoms with Crippen molar-refractivity contribution in [3.05, 3.63) is 0 Å². The first-order valence-corrected chi connectivity index (χ1v) is 3.20. The van der Waals surface area contributed by atoms with Crippen molar-refractivity contribution in [3.8, 4) is 0 Å². The Morgan fingerprint density at radius 3 is 2.30 bits per heavy atom. The number of nitrogens with two attached hydrogens (primary N) is 1. The van der Waals surface area contributed by atoms with Gasteiger partial charge < -0.3 is 15.6 Å². The number of rotatable bonds is 1. The fraction of sp³-hybridized carbons (Fsp3) is 1.00. The summed E-state index contributed by atoms with van der Waals surface area (Å²) in [5.74, 6) is 0. The topological polar surface area (TPSA) is 55.5 Å². The third kappa shape index (κ3) is 2.09. The first-order chi connectivity index (χ1) is 4.24. The van der Waals surface area contributed by atoms with Gasteiger partial charge in [-0.3, -0.25) is 0 Å². The largest absolute Gasteiger partial charge is 0.390 e. The van der Waals surface area contributed by atoms with E-state index in [0.717, 1.165) is 6.42 Å². The summed E-state index contributed by atoms with van der Waals surface area (Å²) in [7, 11) is 1.60. The zero-order valence-corrected chi connectivity index (χ0v) is 6.80. The van der Waals surface area contributed by atoms with Crippen LogP contribution in [-0.2, 0) is 4.74 Å². The smallest absolute Gasteiger partial charge is 0.0845 e. The van der Waals surface area contributed by atoms with Crippen molar-refractivity contribution < 1.29 is 9.84 Å². The molecule has 1 aliphatic rings. The Labute approximate surface area is 67.0 Å². The Morgan fingerprint density at radius 1 is 1.50 bits per heavy atom. The molecule has 0 saturated heterocycles. The number of methoxy groups -OCH3 is 1. The lowest BCUT2D eigenvalue weighted by Crippen LogP contribution is -2.20. The Hall–Kier alpha value is 0.170. The molecule has 3 N–H and O–H groups in total. The van der Waals surface area contributed by atoms with Crippen molar-refractivity contribution >= 4 is 12.4 Å². The molecule has 10 heavy (non-hydrogen) atoms. The van der Waals surface area contributed by atoms with Crippen LogP contribution in [0, 0.1) is 0 Å². The molecular formula is C6H14ClNO2. The van der Waals surface area contributed by atoms with Gasteiger partial charge in [0.25, 0.3) is 0 Å². The Kier molecular flexibility index (Phi) is 4.20. The molecule has 1 saturated carbocycles. The van der Waals surface area contributed by atoms with Gasteiger partial charge in [-0.1, -0.05) is 0 Å². The van der Waals surface area contributed by atoms with Gasteiger partial charge in [0.05, 0.1) is 12.2 Å². The minimum absolute atomic E-state index is 0. The zero-order valence-electron chi connectivity index (χ0n) is 5.99. The molecule has 0 spiro atoms. The minimum Gasteiger partial charge on any atom is -0.390 e. The lowest BCUT2D eigenvalue weighted by atomic mass is 10.3. The van der Waals surface area contributed by atoms with Gasteiger partial charge >= 0.3 is 0 Å². The quantitative estimate of drug-likeness (QED) is 0.574. The maximum Gasteiger partial charge on any atom is 0.0845 e. The van der Waals surface area contributed by atoms with Crippen molar-refractivity contribution in [2.75, 3.05) is 7.11 Å². The molecule has 0 aromatic carbocycles. The summed E-state index contributed by atoms with van der Waals surface area (Å²) >= 11 is 0. The van der Waals surface area contributed by atoms with Gasteiger partial charge in [0.15, 0.2) is 0 Å². The highest BCUT2D eigenvalue weighted by atomic mass is 35.5. The summed E-state index contributed by atoms with van der Waals surface area (Å²) in [5, 5.41) is 9.15. The SMILES string of the molecule is CO[C@@H]1C[C@H](N)C[C@@H]1O.Cl. The van der Waals surface area contributed by atoms with E-state index in [-0.39, 0.29) is 30.7 Å². The number of hydrogen-bond acceptors (Lipinski definition) is 3. The number of aliphatic hydroxyl groups excluding tert-OH is 1. The third-order valence-corrected chi connectivity index (χ3v) is 1.81. The molecule has 3 atom stereocenters. The van der Waals surface area contributed by atoms with E-state index in [1.54, 1.807) is 7.11 Å². The van der Waals surface area contributed by atoms with E-state index < -0.39 is 0 Å². The van der Waals surface area contributed by atoms with Crippen molar-refractivity contribution in [1.82, 2.24) is 0 Å². The first-order valence-electron chi connectivity index (χ1n) is 3.20. The monoisotopic (exact) mass is 167 g/mol. The molecule has 0 aromatic heterocycles. The van der Waals surface area contributed by atoms with Crippen LogP contribution in [0.4, 0.5) is 0 Å².